The van der Waals surface area contributed by atoms with Gasteiger partial charge in [-0.05, 0) is 81.4 Å². The van der Waals surface area contributed by atoms with Gasteiger partial charge in [-0.25, -0.2) is 4.79 Å². The Morgan fingerprint density at radius 3 is 2.20 bits per heavy atom. The summed E-state index contributed by atoms with van der Waals surface area (Å²) in [5.74, 6) is 2.31. The summed E-state index contributed by atoms with van der Waals surface area (Å²) in [7, 11) is 4.83. The molecule has 1 aliphatic carbocycles. The molecule has 0 N–H and O–H groups in total. The van der Waals surface area contributed by atoms with Crippen molar-refractivity contribution in [3.05, 3.63) is 17.7 Å². The summed E-state index contributed by atoms with van der Waals surface area (Å²) in [6.07, 6.45) is 12.9. The van der Waals surface area contributed by atoms with E-state index in [1.165, 1.54) is 19.3 Å². The molecule has 1 saturated heterocycles. The van der Waals surface area contributed by atoms with Crippen LogP contribution in [-0.4, -0.2) is 57.3 Å². The van der Waals surface area contributed by atoms with Crippen molar-refractivity contribution in [1.82, 2.24) is 4.90 Å². The number of unbranched alkanes of at least 4 members (excludes halogenated alkanes) is 2. The van der Waals surface area contributed by atoms with Gasteiger partial charge in [0.15, 0.2) is 11.5 Å². The molecule has 35 heavy (non-hydrogen) atoms. The predicted molar refractivity (Wildman–Crippen MR) is 135 cm³/mol. The van der Waals surface area contributed by atoms with Crippen molar-refractivity contribution in [2.24, 2.45) is 5.92 Å². The lowest BCUT2D eigenvalue weighted by molar-refractivity contribution is -0.157. The van der Waals surface area contributed by atoms with E-state index in [-0.39, 0.29) is 11.9 Å². The van der Waals surface area contributed by atoms with Crippen LogP contribution in [0.2, 0.25) is 0 Å². The summed E-state index contributed by atoms with van der Waals surface area (Å²) in [6, 6.07) is 3.55. The Labute approximate surface area is 210 Å². The van der Waals surface area contributed by atoms with Gasteiger partial charge in [-0.15, -0.1) is 0 Å². The summed E-state index contributed by atoms with van der Waals surface area (Å²) in [6.45, 7) is 1.08. The number of hydrogen-bond acceptors (Lipinski definition) is 6. The highest BCUT2D eigenvalue weighted by Gasteiger charge is 2.34. The van der Waals surface area contributed by atoms with Crippen molar-refractivity contribution in [2.75, 3.05) is 34.5 Å². The molecule has 1 unspecified atom stereocenters. The first kappa shape index (κ1) is 27.2. The largest absolute Gasteiger partial charge is 0.493 e. The number of amides is 1. The van der Waals surface area contributed by atoms with Crippen molar-refractivity contribution in [3.8, 4) is 17.2 Å². The second-order valence-corrected chi connectivity index (χ2v) is 9.82. The first-order valence-corrected chi connectivity index (χ1v) is 13.3. The standard InChI is InChI=1S/C28H43NO6/c1-32-24-18-22(19-25(33-2)27(24)34-3)14-8-5-11-17-35-28(31)23-15-9-10-16-29(23)26(30)20-21-12-6-4-7-13-21/h18-19,21,23H,4-17,20H2,1-3H3. The highest BCUT2D eigenvalue weighted by molar-refractivity contribution is 5.85. The van der Waals surface area contributed by atoms with E-state index in [0.29, 0.717) is 42.7 Å². The first-order chi connectivity index (χ1) is 17.1. The number of benzene rings is 1. The number of nitrogens with zero attached hydrogens (tertiary/aromatic N) is 1. The third-order valence-electron chi connectivity index (χ3n) is 7.36. The summed E-state index contributed by atoms with van der Waals surface area (Å²) in [4.78, 5) is 27.6. The number of methoxy groups -OCH3 is 3. The maximum atomic E-state index is 13.0. The van der Waals surface area contributed by atoms with Gasteiger partial charge in [-0.1, -0.05) is 19.3 Å². The van der Waals surface area contributed by atoms with Gasteiger partial charge >= 0.3 is 5.97 Å². The summed E-state index contributed by atoms with van der Waals surface area (Å²) >= 11 is 0. The maximum Gasteiger partial charge on any atom is 0.328 e. The fraction of sp³-hybridized carbons (Fsp3) is 0.714. The minimum Gasteiger partial charge on any atom is -0.493 e. The molecule has 2 fully saturated rings. The number of aryl methyl sites for hydroxylation is 1. The van der Waals surface area contributed by atoms with Gasteiger partial charge in [-0.2, -0.15) is 0 Å². The highest BCUT2D eigenvalue weighted by Crippen LogP contribution is 2.38. The normalized spacial score (nSPS) is 18.7. The first-order valence-electron chi connectivity index (χ1n) is 13.3. The molecule has 1 atom stereocenters. The smallest absolute Gasteiger partial charge is 0.328 e. The average molecular weight is 490 g/mol. The molecule has 1 amide bonds. The SMILES string of the molecule is COc1cc(CCCCCOC(=O)C2CCCCN2C(=O)CC2CCCCC2)cc(OC)c1OC. The van der Waals surface area contributed by atoms with E-state index in [1.54, 1.807) is 21.3 Å². The summed E-state index contributed by atoms with van der Waals surface area (Å²) < 4.78 is 21.8. The Hall–Kier alpha value is -2.44. The lowest BCUT2D eigenvalue weighted by atomic mass is 9.86. The van der Waals surface area contributed by atoms with Crippen molar-refractivity contribution in [2.45, 2.75) is 89.5 Å². The monoisotopic (exact) mass is 489 g/mol. The van der Waals surface area contributed by atoms with Crippen molar-refractivity contribution >= 4 is 11.9 Å². The molecule has 7 nitrogen and oxygen atoms in total. The Balaban J connectivity index is 1.40. The topological polar surface area (TPSA) is 74.3 Å². The molecule has 0 bridgehead atoms. The van der Waals surface area contributed by atoms with E-state index < -0.39 is 6.04 Å². The second kappa shape index (κ2) is 14.2. The van der Waals surface area contributed by atoms with Crippen LogP contribution in [0, 0.1) is 5.92 Å². The van der Waals surface area contributed by atoms with Crippen molar-refractivity contribution < 1.29 is 28.5 Å². The van der Waals surface area contributed by atoms with Crippen LogP contribution in [0.5, 0.6) is 17.2 Å². The molecule has 1 aliphatic heterocycles. The molecule has 1 aromatic carbocycles. The zero-order valence-corrected chi connectivity index (χ0v) is 21.8. The number of rotatable bonds is 12. The molecular weight excluding hydrogens is 446 g/mol. The van der Waals surface area contributed by atoms with E-state index >= 15 is 0 Å². The Bertz CT molecular complexity index is 795. The Kier molecular flexibility index (Phi) is 11.0. The number of esters is 1. The minimum atomic E-state index is -0.404. The second-order valence-electron chi connectivity index (χ2n) is 9.82. The minimum absolute atomic E-state index is 0.142. The number of piperidine rings is 1. The Morgan fingerprint density at radius 2 is 1.54 bits per heavy atom. The molecule has 1 aromatic rings. The van der Waals surface area contributed by atoms with Crippen LogP contribution < -0.4 is 14.2 Å². The lowest BCUT2D eigenvalue weighted by Crippen LogP contribution is -2.49. The molecular formula is C28H43NO6. The maximum absolute atomic E-state index is 13.0. The fourth-order valence-corrected chi connectivity index (χ4v) is 5.39. The van der Waals surface area contributed by atoms with Gasteiger partial charge in [0.05, 0.1) is 27.9 Å². The third-order valence-corrected chi connectivity index (χ3v) is 7.36. The molecule has 196 valence electrons. The van der Waals surface area contributed by atoms with E-state index in [1.807, 2.05) is 17.0 Å². The Morgan fingerprint density at radius 1 is 0.857 bits per heavy atom. The van der Waals surface area contributed by atoms with Gasteiger partial charge in [0.2, 0.25) is 11.7 Å². The van der Waals surface area contributed by atoms with Crippen LogP contribution in [0.4, 0.5) is 0 Å². The van der Waals surface area contributed by atoms with Gasteiger partial charge in [0.25, 0.3) is 0 Å². The fourth-order valence-electron chi connectivity index (χ4n) is 5.39. The van der Waals surface area contributed by atoms with Crippen LogP contribution >= 0.6 is 0 Å². The van der Waals surface area contributed by atoms with E-state index in [4.69, 9.17) is 18.9 Å². The van der Waals surface area contributed by atoms with Crippen LogP contribution in [0.15, 0.2) is 12.1 Å². The molecule has 0 aromatic heterocycles. The summed E-state index contributed by atoms with van der Waals surface area (Å²) in [5, 5.41) is 0. The lowest BCUT2D eigenvalue weighted by Gasteiger charge is -2.35. The van der Waals surface area contributed by atoms with Gasteiger partial charge in [-0.3, -0.25) is 4.79 Å². The molecule has 0 radical (unpaired) electrons. The van der Waals surface area contributed by atoms with E-state index in [9.17, 15) is 9.59 Å². The number of ether oxygens (including phenoxy) is 4. The molecule has 7 heteroatoms. The number of hydrogen-bond donors (Lipinski definition) is 0. The molecule has 3 rings (SSSR count). The van der Waals surface area contributed by atoms with E-state index in [0.717, 1.165) is 63.4 Å². The predicted octanol–water partition coefficient (Wildman–Crippen LogP) is 5.32. The van der Waals surface area contributed by atoms with E-state index in [2.05, 4.69) is 0 Å². The van der Waals surface area contributed by atoms with Crippen molar-refractivity contribution in [3.63, 3.8) is 0 Å². The van der Waals surface area contributed by atoms with Crippen LogP contribution in [0.1, 0.15) is 82.6 Å². The number of carbonyl (C=O) groups is 2. The van der Waals surface area contributed by atoms with Crippen LogP contribution in [0.25, 0.3) is 0 Å². The molecule has 1 saturated carbocycles. The average Bonchev–Trinajstić information content (AvgIpc) is 2.90. The van der Waals surface area contributed by atoms with Crippen LogP contribution in [0.3, 0.4) is 0 Å². The zero-order chi connectivity index (χ0) is 25.0. The molecule has 1 heterocycles. The van der Waals surface area contributed by atoms with Gasteiger partial charge < -0.3 is 23.8 Å². The van der Waals surface area contributed by atoms with Crippen molar-refractivity contribution in [1.29, 1.82) is 0 Å². The number of carbonyl (C=O) groups excluding carboxylic acids is 2. The summed E-state index contributed by atoms with van der Waals surface area (Å²) in [5.41, 5.74) is 1.12. The highest BCUT2D eigenvalue weighted by atomic mass is 16.5. The quantitative estimate of drug-likeness (QED) is 0.292. The molecule has 2 aliphatic rings. The van der Waals surface area contributed by atoms with Crippen LogP contribution in [-0.2, 0) is 20.7 Å². The van der Waals surface area contributed by atoms with Gasteiger partial charge in [0, 0.05) is 13.0 Å². The third kappa shape index (κ3) is 7.77. The molecule has 0 spiro atoms. The van der Waals surface area contributed by atoms with Gasteiger partial charge in [0.1, 0.15) is 6.04 Å². The number of likely N-dealkylation sites (tertiary alicyclic amines) is 1. The zero-order valence-electron chi connectivity index (χ0n) is 21.8.